The molecule has 3 aromatic carbocycles. The van der Waals surface area contributed by atoms with Crippen molar-refractivity contribution >= 4 is 36.2 Å². The number of hydrogen-bond donors (Lipinski definition) is 5. The number of rotatable bonds is 16. The Morgan fingerprint density at radius 1 is 0.938 bits per heavy atom. The Balaban J connectivity index is 1.79. The molecule has 0 bridgehead atoms. The number of nitrogens with two attached hydrogens (primary N) is 1. The average Bonchev–Trinajstić information content (AvgIpc) is 3.40. The van der Waals surface area contributed by atoms with Crippen LogP contribution in [-0.4, -0.2) is 56.6 Å². The van der Waals surface area contributed by atoms with Gasteiger partial charge in [0.25, 0.3) is 5.91 Å². The minimum Gasteiger partial charge on any atom is -0.481 e. The Kier molecular flexibility index (Phi) is 13.0. The second-order valence-corrected chi connectivity index (χ2v) is 12.4. The standard InChI is InChI=1S/C37H42FN3O6S/c1-23(2)34-33(36(45)40-27-11-7-4-8-12-27)32(24-9-5-3-6-10-24)35(25-13-15-26(38)16-14-25)41(34)19-17-28(42)21-29(22-31(43)44)47-37(46)30(39)18-20-48/h3-16,23,28-30,42,48H,17-22,39H2,1-2H3,(H,40,45)(H,43,44)/t28-,29-,30+/m1/s1. The van der Waals surface area contributed by atoms with Crippen molar-refractivity contribution in [2.75, 3.05) is 11.1 Å². The molecule has 254 valence electrons. The third-order valence-electron chi connectivity index (χ3n) is 7.94. The number of hydrogen-bond acceptors (Lipinski definition) is 7. The number of nitrogens with one attached hydrogen (secondary N) is 1. The van der Waals surface area contributed by atoms with Gasteiger partial charge in [0, 0.05) is 29.9 Å². The van der Waals surface area contributed by atoms with Gasteiger partial charge in [0.05, 0.1) is 23.8 Å². The average molecular weight is 676 g/mol. The van der Waals surface area contributed by atoms with Gasteiger partial charge in [0.15, 0.2) is 0 Å². The van der Waals surface area contributed by atoms with E-state index < -0.39 is 42.4 Å². The highest BCUT2D eigenvalue weighted by Gasteiger charge is 2.31. The topological polar surface area (TPSA) is 144 Å². The molecule has 48 heavy (non-hydrogen) atoms. The molecule has 0 aliphatic carbocycles. The van der Waals surface area contributed by atoms with Crippen molar-refractivity contribution in [2.24, 2.45) is 5.73 Å². The van der Waals surface area contributed by atoms with Crippen molar-refractivity contribution in [3.63, 3.8) is 0 Å². The Labute approximate surface area is 285 Å². The summed E-state index contributed by atoms with van der Waals surface area (Å²) in [5.41, 5.74) is 10.4. The second-order valence-electron chi connectivity index (χ2n) is 11.9. The molecule has 0 unspecified atom stereocenters. The van der Waals surface area contributed by atoms with E-state index in [0.29, 0.717) is 39.5 Å². The molecule has 9 nitrogen and oxygen atoms in total. The summed E-state index contributed by atoms with van der Waals surface area (Å²) in [5, 5.41) is 23.7. The third-order valence-corrected chi connectivity index (χ3v) is 8.20. The van der Waals surface area contributed by atoms with E-state index in [1.54, 1.807) is 24.3 Å². The van der Waals surface area contributed by atoms with Crippen LogP contribution in [0.15, 0.2) is 84.9 Å². The number of aliphatic carboxylic acids is 1. The first kappa shape index (κ1) is 36.4. The van der Waals surface area contributed by atoms with E-state index in [2.05, 4.69) is 17.9 Å². The molecule has 4 rings (SSSR count). The Morgan fingerprint density at radius 2 is 1.56 bits per heavy atom. The van der Waals surface area contributed by atoms with Crippen LogP contribution >= 0.6 is 12.6 Å². The number of esters is 1. The first-order valence-corrected chi connectivity index (χ1v) is 16.5. The molecule has 1 aromatic heterocycles. The molecule has 0 radical (unpaired) electrons. The van der Waals surface area contributed by atoms with Crippen LogP contribution in [0.5, 0.6) is 0 Å². The van der Waals surface area contributed by atoms with Crippen molar-refractivity contribution in [1.82, 2.24) is 4.57 Å². The zero-order chi connectivity index (χ0) is 34.8. The molecule has 1 heterocycles. The van der Waals surface area contributed by atoms with Crippen LogP contribution in [-0.2, 0) is 20.9 Å². The lowest BCUT2D eigenvalue weighted by molar-refractivity contribution is -0.155. The quantitative estimate of drug-likeness (QED) is 0.0673. The van der Waals surface area contributed by atoms with E-state index in [1.807, 2.05) is 66.9 Å². The molecule has 1 amide bonds. The number of thiol groups is 1. The lowest BCUT2D eigenvalue weighted by atomic mass is 9.94. The number of carboxylic acids is 1. The summed E-state index contributed by atoms with van der Waals surface area (Å²) in [4.78, 5) is 38.3. The van der Waals surface area contributed by atoms with Crippen LogP contribution in [0.3, 0.4) is 0 Å². The first-order valence-electron chi connectivity index (χ1n) is 15.9. The molecular weight excluding hydrogens is 633 g/mol. The number of carbonyl (C=O) groups is 3. The number of halogens is 1. The smallest absolute Gasteiger partial charge is 0.323 e. The van der Waals surface area contributed by atoms with Crippen LogP contribution in [0.4, 0.5) is 10.1 Å². The van der Waals surface area contributed by atoms with Crippen molar-refractivity contribution < 1.29 is 33.7 Å². The lowest BCUT2D eigenvalue weighted by Gasteiger charge is -2.23. The predicted molar refractivity (Wildman–Crippen MR) is 188 cm³/mol. The third kappa shape index (κ3) is 9.33. The molecule has 11 heteroatoms. The summed E-state index contributed by atoms with van der Waals surface area (Å²) in [6, 6.07) is 23.7. The van der Waals surface area contributed by atoms with Crippen molar-refractivity contribution in [3.05, 3.63) is 102 Å². The van der Waals surface area contributed by atoms with Gasteiger partial charge in [-0.1, -0.05) is 62.4 Å². The number of carbonyl (C=O) groups excluding carboxylic acids is 2. The first-order chi connectivity index (χ1) is 23.0. The largest absolute Gasteiger partial charge is 0.481 e. The number of anilines is 1. The van der Waals surface area contributed by atoms with Crippen LogP contribution in [0, 0.1) is 5.82 Å². The van der Waals surface area contributed by atoms with Gasteiger partial charge in [-0.2, -0.15) is 12.6 Å². The van der Waals surface area contributed by atoms with E-state index >= 15 is 0 Å². The van der Waals surface area contributed by atoms with E-state index in [0.717, 1.165) is 5.56 Å². The van der Waals surface area contributed by atoms with Crippen LogP contribution in [0.1, 0.15) is 61.5 Å². The molecular formula is C37H42FN3O6S. The zero-order valence-corrected chi connectivity index (χ0v) is 27.9. The molecule has 0 aliphatic heterocycles. The van der Waals surface area contributed by atoms with Gasteiger partial charge in [-0.3, -0.25) is 14.4 Å². The molecule has 4 aromatic rings. The summed E-state index contributed by atoms with van der Waals surface area (Å²) < 4.78 is 21.5. The fourth-order valence-electron chi connectivity index (χ4n) is 5.78. The Bertz CT molecular complexity index is 1680. The van der Waals surface area contributed by atoms with Crippen LogP contribution in [0.2, 0.25) is 0 Å². The zero-order valence-electron chi connectivity index (χ0n) is 27.0. The maximum atomic E-state index is 14.2. The number of aliphatic hydroxyl groups is 1. The maximum Gasteiger partial charge on any atom is 0.323 e. The number of ether oxygens (including phenoxy) is 1. The summed E-state index contributed by atoms with van der Waals surface area (Å²) in [5.74, 6) is -2.48. The summed E-state index contributed by atoms with van der Waals surface area (Å²) in [6.45, 7) is 4.16. The van der Waals surface area contributed by atoms with E-state index in [9.17, 15) is 29.0 Å². The van der Waals surface area contributed by atoms with Gasteiger partial charge in [0.2, 0.25) is 0 Å². The van der Waals surface area contributed by atoms with Crippen LogP contribution in [0.25, 0.3) is 22.4 Å². The second kappa shape index (κ2) is 17.1. The van der Waals surface area contributed by atoms with Crippen molar-refractivity contribution in [1.29, 1.82) is 0 Å². The SMILES string of the molecule is CC(C)c1c(C(=O)Nc2ccccc2)c(-c2ccccc2)c(-c2ccc(F)cc2)n1CC[C@@H](O)C[C@H](CC(=O)O)OC(=O)[C@@H](N)CCS. The maximum absolute atomic E-state index is 14.2. The fraction of sp³-hybridized carbons (Fsp3) is 0.324. The minimum atomic E-state index is -1.18. The molecule has 0 saturated heterocycles. The lowest BCUT2D eigenvalue weighted by Crippen LogP contribution is -2.37. The number of nitrogens with zero attached hydrogens (tertiary/aromatic N) is 1. The fourth-order valence-corrected chi connectivity index (χ4v) is 6.06. The molecule has 3 atom stereocenters. The van der Waals surface area contributed by atoms with E-state index in [4.69, 9.17) is 10.5 Å². The highest BCUT2D eigenvalue weighted by atomic mass is 32.1. The highest BCUT2D eigenvalue weighted by Crippen LogP contribution is 2.42. The van der Waals surface area contributed by atoms with Gasteiger partial charge in [-0.05, 0) is 72.0 Å². The van der Waals surface area contributed by atoms with Crippen molar-refractivity contribution in [3.8, 4) is 22.4 Å². The van der Waals surface area contributed by atoms with E-state index in [-0.39, 0.29) is 37.6 Å². The number of aliphatic hydroxyl groups excluding tert-OH is 1. The molecule has 0 fully saturated rings. The van der Waals surface area contributed by atoms with Gasteiger partial charge in [0.1, 0.15) is 18.0 Å². The number of para-hydroxylation sites is 1. The molecule has 5 N–H and O–H groups in total. The van der Waals surface area contributed by atoms with Crippen molar-refractivity contribution in [2.45, 2.75) is 70.2 Å². The van der Waals surface area contributed by atoms with Gasteiger partial charge in [-0.15, -0.1) is 0 Å². The molecule has 0 saturated carbocycles. The highest BCUT2D eigenvalue weighted by molar-refractivity contribution is 7.80. The number of carboxylic acid groups (broad SMARTS) is 1. The normalized spacial score (nSPS) is 13.1. The summed E-state index contributed by atoms with van der Waals surface area (Å²) in [7, 11) is 0. The Hall–Kier alpha value is -4.45. The monoisotopic (exact) mass is 675 g/mol. The predicted octanol–water partition coefficient (Wildman–Crippen LogP) is 6.51. The van der Waals surface area contributed by atoms with Gasteiger partial charge < -0.3 is 30.6 Å². The summed E-state index contributed by atoms with van der Waals surface area (Å²) >= 11 is 4.08. The van der Waals surface area contributed by atoms with E-state index in [1.165, 1.54) is 12.1 Å². The number of amides is 1. The number of benzene rings is 3. The molecule has 0 spiro atoms. The van der Waals surface area contributed by atoms with Crippen LogP contribution < -0.4 is 11.1 Å². The minimum absolute atomic E-state index is 0.132. The molecule has 0 aliphatic rings. The van der Waals surface area contributed by atoms with Gasteiger partial charge in [-0.25, -0.2) is 4.39 Å². The number of aromatic nitrogens is 1. The van der Waals surface area contributed by atoms with Gasteiger partial charge >= 0.3 is 11.9 Å². The summed E-state index contributed by atoms with van der Waals surface area (Å²) in [6.07, 6.45) is -2.43. The Morgan fingerprint density at radius 3 is 2.15 bits per heavy atom.